The summed E-state index contributed by atoms with van der Waals surface area (Å²) in [4.78, 5) is 5.73. The molecule has 1 aliphatic heterocycles. The first kappa shape index (κ1) is 17.9. The quantitative estimate of drug-likeness (QED) is 0.529. The molecule has 3 nitrogen and oxygen atoms in total. The molecule has 0 spiro atoms. The van der Waals surface area contributed by atoms with Gasteiger partial charge in [-0.1, -0.05) is 65.2 Å². The topological polar surface area (TPSA) is 38.5 Å². The number of nitrogens with two attached hydrogens (primary N) is 1. The number of unbranched alkanes of at least 4 members (excludes halogenated alkanes) is 6. The van der Waals surface area contributed by atoms with Crippen LogP contribution in [0.15, 0.2) is 24.2 Å². The monoisotopic (exact) mass is 294 g/mol. The first-order valence-corrected chi connectivity index (χ1v) is 8.73. The molecule has 0 saturated heterocycles. The molecule has 3 heteroatoms. The Hall–Kier alpha value is -1.12. The summed E-state index contributed by atoms with van der Waals surface area (Å²) in [6.45, 7) is 6.80. The fourth-order valence-electron chi connectivity index (χ4n) is 2.99. The Morgan fingerprint density at radius 3 is 2.05 bits per heavy atom. The molecule has 21 heavy (non-hydrogen) atoms. The molecule has 0 atom stereocenters. The fraction of sp³-hybridized carbons (Fsp3) is 0.778. The third-order valence-corrected chi connectivity index (χ3v) is 4.37. The van der Waals surface area contributed by atoms with Gasteiger partial charge in [0.05, 0.1) is 5.54 Å². The van der Waals surface area contributed by atoms with Crippen LogP contribution in [0, 0.1) is 0 Å². The highest BCUT2D eigenvalue weighted by molar-refractivity contribution is 5.11. The Bertz CT molecular complexity index is 324. The average molecular weight is 294 g/mol. The second kappa shape index (κ2) is 9.75. The zero-order valence-electron chi connectivity index (χ0n) is 14.2. The van der Waals surface area contributed by atoms with Gasteiger partial charge in [-0.15, -0.1) is 0 Å². The molecule has 1 aliphatic rings. The van der Waals surface area contributed by atoms with Crippen LogP contribution in [0.1, 0.15) is 85.0 Å². The Labute approximate surface area is 131 Å². The molecule has 0 aromatic heterocycles. The Morgan fingerprint density at radius 1 is 1.00 bits per heavy atom. The molecule has 0 aromatic carbocycles. The van der Waals surface area contributed by atoms with Gasteiger partial charge in [0.15, 0.2) is 0 Å². The highest BCUT2D eigenvalue weighted by Gasteiger charge is 2.34. The molecule has 0 amide bonds. The van der Waals surface area contributed by atoms with Crippen molar-refractivity contribution in [3.63, 3.8) is 0 Å². The molecule has 0 radical (unpaired) electrons. The lowest BCUT2D eigenvalue weighted by atomic mass is 9.87. The number of hydrogen-bond acceptors (Lipinski definition) is 3. The van der Waals surface area contributed by atoms with Gasteiger partial charge in [0.1, 0.15) is 12.1 Å². The van der Waals surface area contributed by atoms with Gasteiger partial charge in [-0.2, -0.15) is 5.06 Å². The molecule has 0 fully saturated rings. The average Bonchev–Trinajstić information content (AvgIpc) is 2.49. The molecular weight excluding hydrogens is 260 g/mol. The maximum atomic E-state index is 6.14. The van der Waals surface area contributed by atoms with Crippen LogP contribution in [0.3, 0.4) is 0 Å². The van der Waals surface area contributed by atoms with Crippen LogP contribution >= 0.6 is 0 Å². The zero-order valence-corrected chi connectivity index (χ0v) is 14.2. The molecule has 122 valence electrons. The summed E-state index contributed by atoms with van der Waals surface area (Å²) in [6, 6.07) is 0. The van der Waals surface area contributed by atoms with E-state index in [1.54, 1.807) is 6.26 Å². The van der Waals surface area contributed by atoms with Crippen LogP contribution in [-0.2, 0) is 4.84 Å². The van der Waals surface area contributed by atoms with Crippen molar-refractivity contribution in [2.45, 2.75) is 90.5 Å². The highest BCUT2D eigenvalue weighted by atomic mass is 16.7. The number of hydrogen-bond donors (Lipinski definition) is 1. The van der Waals surface area contributed by atoms with Crippen molar-refractivity contribution in [2.75, 3.05) is 0 Å². The van der Waals surface area contributed by atoms with E-state index in [1.807, 2.05) is 17.2 Å². The van der Waals surface area contributed by atoms with E-state index in [4.69, 9.17) is 10.6 Å². The van der Waals surface area contributed by atoms with Crippen molar-refractivity contribution in [2.24, 2.45) is 5.73 Å². The maximum absolute atomic E-state index is 6.14. The molecule has 2 N–H and O–H groups in total. The van der Waals surface area contributed by atoms with Crippen LogP contribution in [-0.4, -0.2) is 10.6 Å². The first-order valence-electron chi connectivity index (χ1n) is 8.73. The largest absolute Gasteiger partial charge is 0.385 e. The van der Waals surface area contributed by atoms with E-state index in [9.17, 15) is 0 Å². The molecule has 0 bridgehead atoms. The highest BCUT2D eigenvalue weighted by Crippen LogP contribution is 2.32. The Morgan fingerprint density at radius 2 is 1.57 bits per heavy atom. The van der Waals surface area contributed by atoms with Crippen molar-refractivity contribution in [3.05, 3.63) is 24.2 Å². The van der Waals surface area contributed by atoms with Gasteiger partial charge in [-0.25, -0.2) is 0 Å². The minimum absolute atomic E-state index is 0.00677. The molecule has 0 unspecified atom stereocenters. The lowest BCUT2D eigenvalue weighted by Crippen LogP contribution is -2.47. The Balaban J connectivity index is 2.59. The number of rotatable bonds is 11. The third kappa shape index (κ3) is 6.03. The zero-order chi connectivity index (χ0) is 15.6. The smallest absolute Gasteiger partial charge is 0.135 e. The SMILES string of the molecule is CCCCCCC(C)(CCCCCC)N1OC=CC=C1N. The van der Waals surface area contributed by atoms with E-state index in [2.05, 4.69) is 20.8 Å². The molecule has 0 saturated carbocycles. The van der Waals surface area contributed by atoms with Gasteiger partial charge < -0.3 is 10.6 Å². The summed E-state index contributed by atoms with van der Waals surface area (Å²) in [6.07, 6.45) is 18.1. The van der Waals surface area contributed by atoms with Crippen molar-refractivity contribution in [3.8, 4) is 0 Å². The van der Waals surface area contributed by atoms with E-state index in [0.29, 0.717) is 0 Å². The standard InChI is InChI=1S/C18H34N2O/c1-4-6-8-10-14-18(3,15-11-9-7-5-2)20-17(19)13-12-16-21-20/h12-13,16H,4-11,14-15,19H2,1-3H3. The molecule has 0 aliphatic carbocycles. The van der Waals surface area contributed by atoms with Crippen LogP contribution in [0.4, 0.5) is 0 Å². The van der Waals surface area contributed by atoms with E-state index < -0.39 is 0 Å². The van der Waals surface area contributed by atoms with Crippen molar-refractivity contribution >= 4 is 0 Å². The van der Waals surface area contributed by atoms with Crippen LogP contribution < -0.4 is 5.73 Å². The van der Waals surface area contributed by atoms with Gasteiger partial charge in [0.25, 0.3) is 0 Å². The maximum Gasteiger partial charge on any atom is 0.135 e. The summed E-state index contributed by atoms with van der Waals surface area (Å²) >= 11 is 0. The van der Waals surface area contributed by atoms with Crippen molar-refractivity contribution in [1.82, 2.24) is 5.06 Å². The summed E-state index contributed by atoms with van der Waals surface area (Å²) in [5.41, 5.74) is 6.14. The predicted molar refractivity (Wildman–Crippen MR) is 90.3 cm³/mol. The molecule has 1 heterocycles. The van der Waals surface area contributed by atoms with Gasteiger partial charge in [-0.3, -0.25) is 0 Å². The van der Waals surface area contributed by atoms with Gasteiger partial charge in [0.2, 0.25) is 0 Å². The lowest BCUT2D eigenvalue weighted by molar-refractivity contribution is -0.156. The summed E-state index contributed by atoms with van der Waals surface area (Å²) < 4.78 is 0. The second-order valence-electron chi connectivity index (χ2n) is 6.44. The normalized spacial score (nSPS) is 15.0. The summed E-state index contributed by atoms with van der Waals surface area (Å²) in [5, 5.41) is 1.94. The minimum Gasteiger partial charge on any atom is -0.385 e. The van der Waals surface area contributed by atoms with Gasteiger partial charge in [-0.05, 0) is 31.9 Å². The molecule has 1 rings (SSSR count). The van der Waals surface area contributed by atoms with Gasteiger partial charge >= 0.3 is 0 Å². The van der Waals surface area contributed by atoms with Crippen LogP contribution in [0.2, 0.25) is 0 Å². The Kier molecular flexibility index (Phi) is 8.33. The van der Waals surface area contributed by atoms with Crippen molar-refractivity contribution < 1.29 is 4.84 Å². The van der Waals surface area contributed by atoms with E-state index in [0.717, 1.165) is 18.7 Å². The predicted octanol–water partition coefficient (Wildman–Crippen LogP) is 5.25. The van der Waals surface area contributed by atoms with Crippen molar-refractivity contribution in [1.29, 1.82) is 0 Å². The summed E-state index contributed by atoms with van der Waals surface area (Å²) in [5.74, 6) is 0.728. The minimum atomic E-state index is 0.00677. The number of nitrogens with zero attached hydrogens (tertiary/aromatic N) is 1. The number of allylic oxidation sites excluding steroid dienone is 2. The molecular formula is C18H34N2O. The fourth-order valence-corrected chi connectivity index (χ4v) is 2.99. The van der Waals surface area contributed by atoms with E-state index in [-0.39, 0.29) is 5.54 Å². The third-order valence-electron chi connectivity index (χ3n) is 4.37. The number of hydroxylamine groups is 2. The second-order valence-corrected chi connectivity index (χ2v) is 6.44. The van der Waals surface area contributed by atoms with Gasteiger partial charge in [0, 0.05) is 0 Å². The van der Waals surface area contributed by atoms with Crippen LogP contribution in [0.5, 0.6) is 0 Å². The lowest BCUT2D eigenvalue weighted by Gasteiger charge is -2.42. The molecule has 0 aromatic rings. The van der Waals surface area contributed by atoms with E-state index >= 15 is 0 Å². The summed E-state index contributed by atoms with van der Waals surface area (Å²) in [7, 11) is 0. The van der Waals surface area contributed by atoms with E-state index in [1.165, 1.54) is 51.4 Å². The van der Waals surface area contributed by atoms with Crippen LogP contribution in [0.25, 0.3) is 0 Å². The first-order chi connectivity index (χ1) is 10.1.